The Labute approximate surface area is 143 Å². The lowest BCUT2D eigenvalue weighted by Crippen LogP contribution is -2.43. The first-order valence-corrected chi connectivity index (χ1v) is 9.18. The molecule has 1 aromatic carbocycles. The van der Waals surface area contributed by atoms with Gasteiger partial charge in [-0.2, -0.15) is 12.7 Å². The van der Waals surface area contributed by atoms with Gasteiger partial charge >= 0.3 is 16.2 Å². The molecule has 0 radical (unpaired) electrons. The zero-order chi connectivity index (χ0) is 18.4. The number of carboxylic acid groups (broad SMARTS) is 1. The largest absolute Gasteiger partial charge is 0.493 e. The second-order valence-electron chi connectivity index (χ2n) is 6.08. The Kier molecular flexibility index (Phi) is 4.41. The van der Waals surface area contributed by atoms with E-state index >= 15 is 0 Å². The van der Waals surface area contributed by atoms with Crippen molar-refractivity contribution in [3.05, 3.63) is 29.1 Å². The summed E-state index contributed by atoms with van der Waals surface area (Å²) >= 11 is 0. The van der Waals surface area contributed by atoms with Crippen LogP contribution in [-0.4, -0.2) is 49.4 Å². The Bertz CT molecular complexity index is 831. The van der Waals surface area contributed by atoms with Gasteiger partial charge in [0.05, 0.1) is 17.7 Å². The van der Waals surface area contributed by atoms with Crippen molar-refractivity contribution in [1.82, 2.24) is 9.03 Å². The van der Waals surface area contributed by atoms with Gasteiger partial charge in [0, 0.05) is 13.1 Å². The topological polar surface area (TPSA) is 113 Å². The molecule has 0 bridgehead atoms. The third-order valence-corrected chi connectivity index (χ3v) is 5.77. The first-order valence-electron chi connectivity index (χ1n) is 7.74. The van der Waals surface area contributed by atoms with Gasteiger partial charge in [0.15, 0.2) is 0 Å². The summed E-state index contributed by atoms with van der Waals surface area (Å²) in [5.41, 5.74) is -1.04. The molecule has 2 aliphatic rings. The number of piperidine rings is 1. The Morgan fingerprint density at radius 3 is 2.52 bits per heavy atom. The average molecular weight is 372 g/mol. The Morgan fingerprint density at radius 1 is 1.32 bits per heavy atom. The second kappa shape index (κ2) is 6.26. The van der Waals surface area contributed by atoms with Crippen LogP contribution in [0.3, 0.4) is 0 Å². The molecule has 2 fully saturated rings. The minimum Gasteiger partial charge on any atom is -0.493 e. The predicted molar refractivity (Wildman–Crippen MR) is 84.1 cm³/mol. The lowest BCUT2D eigenvalue weighted by atomic mass is 10.1. The Morgan fingerprint density at radius 2 is 1.96 bits per heavy atom. The van der Waals surface area contributed by atoms with E-state index in [0.29, 0.717) is 31.0 Å². The summed E-state index contributed by atoms with van der Waals surface area (Å²) in [5, 5.41) is 8.95. The fourth-order valence-electron chi connectivity index (χ4n) is 2.96. The number of fused-ring (bicyclic) bond motifs is 1. The molecule has 1 aromatic rings. The molecule has 2 unspecified atom stereocenters. The van der Waals surface area contributed by atoms with Crippen molar-refractivity contribution in [2.75, 3.05) is 19.7 Å². The Balaban J connectivity index is 1.85. The maximum Gasteiger partial charge on any atom is 0.338 e. The number of benzene rings is 1. The molecule has 10 heteroatoms. The summed E-state index contributed by atoms with van der Waals surface area (Å²) < 4.78 is 46.7. The van der Waals surface area contributed by atoms with Crippen LogP contribution in [0.4, 0.5) is 4.39 Å². The van der Waals surface area contributed by atoms with Crippen LogP contribution in [0.2, 0.25) is 0 Å². The molecule has 1 saturated carbocycles. The normalized spacial score (nSPS) is 22.3. The number of carbonyl (C=O) groups is 2. The molecule has 0 aromatic heterocycles. The number of aromatic carboxylic acids is 1. The number of rotatable bonds is 6. The highest BCUT2D eigenvalue weighted by atomic mass is 32.2. The average Bonchev–Trinajstić information content (AvgIpc) is 3.13. The van der Waals surface area contributed by atoms with E-state index in [4.69, 9.17) is 9.84 Å². The van der Waals surface area contributed by atoms with E-state index < -0.39 is 33.5 Å². The molecule has 1 saturated heterocycles. The van der Waals surface area contributed by atoms with Crippen molar-refractivity contribution >= 4 is 22.1 Å². The van der Waals surface area contributed by atoms with E-state index in [1.165, 1.54) is 4.31 Å². The maximum absolute atomic E-state index is 13.9. The molecule has 1 amide bonds. The molecule has 3 rings (SSSR count). The first-order chi connectivity index (χ1) is 11.7. The Hall–Kier alpha value is -2.20. The van der Waals surface area contributed by atoms with Crippen LogP contribution >= 0.6 is 0 Å². The number of halogens is 1. The fraction of sp³-hybridized carbons (Fsp3) is 0.467. The van der Waals surface area contributed by atoms with Gasteiger partial charge in [-0.25, -0.2) is 13.9 Å². The van der Waals surface area contributed by atoms with Crippen molar-refractivity contribution < 1.29 is 32.2 Å². The zero-order valence-corrected chi connectivity index (χ0v) is 14.2. The number of hydrogen-bond acceptors (Lipinski definition) is 5. The van der Waals surface area contributed by atoms with Crippen LogP contribution < -0.4 is 9.46 Å². The monoisotopic (exact) mass is 372 g/mol. The number of nitrogens with zero attached hydrogens (tertiary/aromatic N) is 1. The smallest absolute Gasteiger partial charge is 0.338 e. The van der Waals surface area contributed by atoms with Crippen molar-refractivity contribution in [3.8, 4) is 5.75 Å². The quantitative estimate of drug-likeness (QED) is 0.765. The molecular weight excluding hydrogens is 355 g/mol. The molecule has 8 nitrogen and oxygen atoms in total. The SMILES string of the molecule is CCOc1cc(C(=O)O)c(F)cc1C(=O)NS(=O)(=O)N1CC2CC2C1. The molecule has 0 spiro atoms. The fourth-order valence-corrected chi connectivity index (χ4v) is 4.21. The van der Waals surface area contributed by atoms with Crippen LogP contribution in [0, 0.1) is 17.7 Å². The van der Waals surface area contributed by atoms with Gasteiger partial charge in [-0.1, -0.05) is 0 Å². The third-order valence-electron chi connectivity index (χ3n) is 4.35. The minimum atomic E-state index is -4.04. The predicted octanol–water partition coefficient (Wildman–Crippen LogP) is 0.849. The van der Waals surface area contributed by atoms with Gasteiger partial charge in [-0.15, -0.1) is 0 Å². The summed E-state index contributed by atoms with van der Waals surface area (Å²) in [6.07, 6.45) is 0.996. The summed E-state index contributed by atoms with van der Waals surface area (Å²) in [5.74, 6) is -3.25. The van der Waals surface area contributed by atoms with Gasteiger partial charge in [0.25, 0.3) is 5.91 Å². The zero-order valence-electron chi connectivity index (χ0n) is 13.4. The second-order valence-corrected chi connectivity index (χ2v) is 7.75. The standard InChI is InChI=1S/C15H17FN2O6S/c1-2-24-13-5-10(15(20)21)12(16)4-11(13)14(19)17-25(22,23)18-6-8-3-9(8)7-18/h4-5,8-9H,2-3,6-7H2,1H3,(H,17,19)(H,20,21). The summed E-state index contributed by atoms with van der Waals surface area (Å²) in [6.45, 7) is 2.40. The van der Waals surface area contributed by atoms with E-state index in [-0.39, 0.29) is 17.9 Å². The minimum absolute atomic E-state index is 0.0905. The van der Waals surface area contributed by atoms with Crippen LogP contribution in [0.5, 0.6) is 5.75 Å². The lowest BCUT2D eigenvalue weighted by molar-refractivity contribution is 0.0690. The molecule has 2 N–H and O–H groups in total. The molecule has 2 atom stereocenters. The van der Waals surface area contributed by atoms with E-state index in [1.54, 1.807) is 6.92 Å². The maximum atomic E-state index is 13.9. The van der Waals surface area contributed by atoms with Crippen molar-refractivity contribution in [1.29, 1.82) is 0 Å². The molecule has 1 aliphatic heterocycles. The van der Waals surface area contributed by atoms with E-state index in [0.717, 1.165) is 12.5 Å². The first kappa shape index (κ1) is 17.6. The van der Waals surface area contributed by atoms with Crippen LogP contribution in [0.25, 0.3) is 0 Å². The molecule has 25 heavy (non-hydrogen) atoms. The van der Waals surface area contributed by atoms with Gasteiger partial charge in [-0.3, -0.25) is 4.79 Å². The molecule has 136 valence electrons. The highest BCUT2D eigenvalue weighted by Crippen LogP contribution is 2.45. The van der Waals surface area contributed by atoms with Gasteiger partial charge < -0.3 is 9.84 Å². The van der Waals surface area contributed by atoms with E-state index in [2.05, 4.69) is 0 Å². The van der Waals surface area contributed by atoms with E-state index in [9.17, 15) is 22.4 Å². The number of ether oxygens (including phenoxy) is 1. The number of carbonyl (C=O) groups excluding carboxylic acids is 1. The third kappa shape index (κ3) is 3.45. The highest BCUT2D eigenvalue weighted by Gasteiger charge is 2.49. The summed E-state index contributed by atoms with van der Waals surface area (Å²) in [7, 11) is -4.04. The van der Waals surface area contributed by atoms with E-state index in [1.807, 2.05) is 4.72 Å². The summed E-state index contributed by atoms with van der Waals surface area (Å²) in [6, 6.07) is 1.54. The highest BCUT2D eigenvalue weighted by molar-refractivity contribution is 7.87. The number of carboxylic acids is 1. The van der Waals surface area contributed by atoms with Gasteiger partial charge in [0.1, 0.15) is 11.6 Å². The number of nitrogens with one attached hydrogen (secondary N) is 1. The lowest BCUT2D eigenvalue weighted by Gasteiger charge is -2.19. The van der Waals surface area contributed by atoms with Crippen LogP contribution in [0.1, 0.15) is 34.1 Å². The molecule has 1 aliphatic carbocycles. The van der Waals surface area contributed by atoms with Crippen molar-refractivity contribution in [2.24, 2.45) is 11.8 Å². The van der Waals surface area contributed by atoms with Crippen LogP contribution in [-0.2, 0) is 10.2 Å². The van der Waals surface area contributed by atoms with Gasteiger partial charge in [-0.05, 0) is 37.3 Å². The number of hydrogen-bond donors (Lipinski definition) is 2. The number of amides is 1. The summed E-state index contributed by atoms with van der Waals surface area (Å²) in [4.78, 5) is 23.3. The van der Waals surface area contributed by atoms with Crippen molar-refractivity contribution in [2.45, 2.75) is 13.3 Å². The van der Waals surface area contributed by atoms with Crippen LogP contribution in [0.15, 0.2) is 12.1 Å². The van der Waals surface area contributed by atoms with Gasteiger partial charge in [0.2, 0.25) is 0 Å². The molecule has 1 heterocycles. The van der Waals surface area contributed by atoms with Crippen molar-refractivity contribution in [3.63, 3.8) is 0 Å². The molecular formula is C15H17FN2O6S.